The van der Waals surface area contributed by atoms with Gasteiger partial charge in [-0.2, -0.15) is 13.2 Å². The zero-order chi connectivity index (χ0) is 11.5. The average Bonchev–Trinajstić information content (AvgIpc) is 2.51. The lowest BCUT2D eigenvalue weighted by Crippen LogP contribution is -2.29. The first kappa shape index (κ1) is 12.8. The van der Waals surface area contributed by atoms with Crippen LogP contribution in [0.3, 0.4) is 0 Å². The minimum atomic E-state index is -4.09. The van der Waals surface area contributed by atoms with Crippen molar-refractivity contribution in [1.29, 1.82) is 0 Å². The van der Waals surface area contributed by atoms with E-state index in [1.54, 1.807) is 0 Å². The number of rotatable bonds is 4. The summed E-state index contributed by atoms with van der Waals surface area (Å²) in [5, 5.41) is 9.84. The van der Waals surface area contributed by atoms with Crippen LogP contribution in [0, 0.1) is 5.41 Å². The van der Waals surface area contributed by atoms with Crippen LogP contribution >= 0.6 is 0 Å². The van der Waals surface area contributed by atoms with Gasteiger partial charge in [0.2, 0.25) is 0 Å². The molecule has 1 saturated carbocycles. The summed E-state index contributed by atoms with van der Waals surface area (Å²) in [6, 6.07) is 0. The van der Waals surface area contributed by atoms with Crippen LogP contribution in [-0.2, 0) is 0 Å². The molecule has 0 saturated heterocycles. The van der Waals surface area contributed by atoms with E-state index in [-0.39, 0.29) is 18.3 Å². The minimum absolute atomic E-state index is 0.0419. The molecule has 1 rings (SSSR count). The molecule has 0 aromatic carbocycles. The Bertz CT molecular complexity index is 194. The van der Waals surface area contributed by atoms with Crippen LogP contribution in [0.4, 0.5) is 13.2 Å². The molecule has 0 heterocycles. The van der Waals surface area contributed by atoms with E-state index in [0.717, 1.165) is 25.7 Å². The summed E-state index contributed by atoms with van der Waals surface area (Å²) in [5.41, 5.74) is -0.133. The van der Waals surface area contributed by atoms with E-state index in [0.29, 0.717) is 0 Å². The lowest BCUT2D eigenvalue weighted by atomic mass is 9.80. The molecule has 0 amide bonds. The first-order valence-electron chi connectivity index (χ1n) is 5.58. The summed E-state index contributed by atoms with van der Waals surface area (Å²) in [7, 11) is 0. The van der Waals surface area contributed by atoms with E-state index < -0.39 is 18.7 Å². The Morgan fingerprint density at radius 1 is 1.27 bits per heavy atom. The topological polar surface area (TPSA) is 20.2 Å². The molecule has 0 spiro atoms. The van der Waals surface area contributed by atoms with Gasteiger partial charge in [0.1, 0.15) is 0 Å². The fourth-order valence-corrected chi connectivity index (χ4v) is 2.36. The Balaban J connectivity index is 2.26. The van der Waals surface area contributed by atoms with Gasteiger partial charge >= 0.3 is 6.18 Å². The molecule has 1 fully saturated rings. The monoisotopic (exact) mass is 224 g/mol. The summed E-state index contributed by atoms with van der Waals surface area (Å²) in [6.07, 6.45) is -1.05. The maximum absolute atomic E-state index is 11.9. The van der Waals surface area contributed by atoms with Gasteiger partial charge in [-0.15, -0.1) is 0 Å². The number of aliphatic hydroxyl groups is 1. The van der Waals surface area contributed by atoms with E-state index in [1.165, 1.54) is 0 Å². The highest BCUT2D eigenvalue weighted by Crippen LogP contribution is 2.42. The van der Waals surface area contributed by atoms with Gasteiger partial charge in [0.25, 0.3) is 0 Å². The second kappa shape index (κ2) is 4.73. The lowest BCUT2D eigenvalue weighted by Gasteiger charge is -2.30. The summed E-state index contributed by atoms with van der Waals surface area (Å²) in [4.78, 5) is 0. The van der Waals surface area contributed by atoms with Gasteiger partial charge in [-0.3, -0.25) is 0 Å². The minimum Gasteiger partial charge on any atom is -0.393 e. The zero-order valence-corrected chi connectivity index (χ0v) is 9.11. The highest BCUT2D eigenvalue weighted by Gasteiger charge is 2.36. The maximum Gasteiger partial charge on any atom is 0.389 e. The van der Waals surface area contributed by atoms with E-state index in [4.69, 9.17) is 0 Å². The number of hydrogen-bond donors (Lipinski definition) is 1. The van der Waals surface area contributed by atoms with Crippen molar-refractivity contribution in [3.63, 3.8) is 0 Å². The van der Waals surface area contributed by atoms with Crippen LogP contribution in [0.2, 0.25) is 0 Å². The fourth-order valence-electron chi connectivity index (χ4n) is 2.36. The Kier molecular flexibility index (Phi) is 4.04. The number of hydrogen-bond acceptors (Lipinski definition) is 1. The fraction of sp³-hybridized carbons (Fsp3) is 1.00. The first-order valence-corrected chi connectivity index (χ1v) is 5.58. The molecule has 0 radical (unpaired) electrons. The molecule has 0 aromatic heterocycles. The van der Waals surface area contributed by atoms with Gasteiger partial charge in [-0.05, 0) is 31.1 Å². The van der Waals surface area contributed by atoms with Gasteiger partial charge < -0.3 is 5.11 Å². The molecule has 1 N–H and O–H groups in total. The second-order valence-corrected chi connectivity index (χ2v) is 4.88. The van der Waals surface area contributed by atoms with Crippen molar-refractivity contribution < 1.29 is 18.3 Å². The molecule has 1 unspecified atom stereocenters. The van der Waals surface area contributed by atoms with Gasteiger partial charge in [0.15, 0.2) is 0 Å². The van der Waals surface area contributed by atoms with E-state index in [1.807, 2.05) is 6.92 Å². The highest BCUT2D eigenvalue weighted by molar-refractivity contribution is 4.86. The molecule has 1 aliphatic carbocycles. The van der Waals surface area contributed by atoms with Gasteiger partial charge in [0.05, 0.1) is 6.10 Å². The quantitative estimate of drug-likeness (QED) is 0.772. The largest absolute Gasteiger partial charge is 0.393 e. The summed E-state index contributed by atoms with van der Waals surface area (Å²) < 4.78 is 35.7. The third-order valence-corrected chi connectivity index (χ3v) is 3.49. The number of alkyl halides is 3. The van der Waals surface area contributed by atoms with Crippen LogP contribution in [0.5, 0.6) is 0 Å². The maximum atomic E-state index is 11.9. The standard InChI is InChI=1S/C11H19F3O/c1-10(6-2-3-7-10)9(15)5-4-8-11(12,13)14/h9,15H,2-8H2,1H3. The Morgan fingerprint density at radius 3 is 2.27 bits per heavy atom. The first-order chi connectivity index (χ1) is 6.83. The van der Waals surface area contributed by atoms with Crippen LogP contribution < -0.4 is 0 Å². The van der Waals surface area contributed by atoms with Crippen molar-refractivity contribution in [2.45, 2.75) is 64.1 Å². The van der Waals surface area contributed by atoms with Gasteiger partial charge in [-0.25, -0.2) is 0 Å². The summed E-state index contributed by atoms with van der Waals surface area (Å²) >= 11 is 0. The number of halogens is 3. The average molecular weight is 224 g/mol. The summed E-state index contributed by atoms with van der Waals surface area (Å²) in [6.45, 7) is 1.98. The Hall–Kier alpha value is -0.250. The van der Waals surface area contributed by atoms with E-state index >= 15 is 0 Å². The number of aliphatic hydroxyl groups excluding tert-OH is 1. The zero-order valence-electron chi connectivity index (χ0n) is 9.11. The molecule has 1 nitrogen and oxygen atoms in total. The predicted molar refractivity (Wildman–Crippen MR) is 52.5 cm³/mol. The van der Waals surface area contributed by atoms with Crippen LogP contribution in [0.25, 0.3) is 0 Å². The molecule has 0 aliphatic heterocycles. The highest BCUT2D eigenvalue weighted by atomic mass is 19.4. The normalized spacial score (nSPS) is 23.0. The molecule has 0 aromatic rings. The smallest absolute Gasteiger partial charge is 0.389 e. The second-order valence-electron chi connectivity index (χ2n) is 4.88. The Labute approximate surface area is 88.7 Å². The van der Waals surface area contributed by atoms with Crippen LogP contribution in [0.15, 0.2) is 0 Å². The van der Waals surface area contributed by atoms with Gasteiger partial charge in [0, 0.05) is 6.42 Å². The molecular weight excluding hydrogens is 205 g/mol. The van der Waals surface area contributed by atoms with Crippen molar-refractivity contribution >= 4 is 0 Å². The van der Waals surface area contributed by atoms with Crippen LogP contribution in [0.1, 0.15) is 51.9 Å². The third-order valence-electron chi connectivity index (χ3n) is 3.49. The molecular formula is C11H19F3O. The van der Waals surface area contributed by atoms with Crippen molar-refractivity contribution in [3.8, 4) is 0 Å². The van der Waals surface area contributed by atoms with E-state index in [2.05, 4.69) is 0 Å². The predicted octanol–water partition coefficient (Wildman–Crippen LogP) is 3.66. The van der Waals surface area contributed by atoms with Gasteiger partial charge in [-0.1, -0.05) is 19.8 Å². The molecule has 15 heavy (non-hydrogen) atoms. The Morgan fingerprint density at radius 2 is 1.80 bits per heavy atom. The van der Waals surface area contributed by atoms with E-state index in [9.17, 15) is 18.3 Å². The van der Waals surface area contributed by atoms with Crippen molar-refractivity contribution in [3.05, 3.63) is 0 Å². The molecule has 1 aliphatic rings. The third kappa shape index (κ3) is 4.01. The van der Waals surface area contributed by atoms with Crippen molar-refractivity contribution in [2.75, 3.05) is 0 Å². The van der Waals surface area contributed by atoms with Crippen molar-refractivity contribution in [1.82, 2.24) is 0 Å². The molecule has 4 heteroatoms. The SMILES string of the molecule is CC1(C(O)CCCC(F)(F)F)CCCC1. The molecule has 0 bridgehead atoms. The summed E-state index contributed by atoms with van der Waals surface area (Å²) in [5.74, 6) is 0. The lowest BCUT2D eigenvalue weighted by molar-refractivity contribution is -0.137. The van der Waals surface area contributed by atoms with Crippen molar-refractivity contribution in [2.24, 2.45) is 5.41 Å². The molecule has 90 valence electrons. The van der Waals surface area contributed by atoms with Crippen LogP contribution in [-0.4, -0.2) is 17.4 Å². The molecule has 1 atom stereocenters.